The van der Waals surface area contributed by atoms with Crippen molar-refractivity contribution in [1.82, 2.24) is 5.01 Å². The summed E-state index contributed by atoms with van der Waals surface area (Å²) in [6, 6.07) is 20.0. The number of fused-ring (bicyclic) bond motifs is 6. The summed E-state index contributed by atoms with van der Waals surface area (Å²) in [6.45, 7) is 8.11. The Labute approximate surface area is 176 Å². The van der Waals surface area contributed by atoms with Crippen LogP contribution in [0.15, 0.2) is 60.7 Å². The maximum Gasteiger partial charge on any atom is 0.269 e. The van der Waals surface area contributed by atoms with Crippen molar-refractivity contribution in [2.24, 2.45) is 5.84 Å². The van der Waals surface area contributed by atoms with Crippen LogP contribution in [0, 0.1) is 6.92 Å². The summed E-state index contributed by atoms with van der Waals surface area (Å²) in [5.41, 5.74) is 4.56. The summed E-state index contributed by atoms with van der Waals surface area (Å²) >= 11 is 0. The number of amides is 1. The van der Waals surface area contributed by atoms with E-state index >= 15 is 0 Å². The maximum atomic E-state index is 13.2. The Kier molecular flexibility index (Phi) is 4.12. The van der Waals surface area contributed by atoms with Crippen LogP contribution in [0.5, 0.6) is 11.5 Å². The molecule has 0 bridgehead atoms. The molecule has 152 valence electrons. The lowest BCUT2D eigenvalue weighted by Gasteiger charge is -2.42. The van der Waals surface area contributed by atoms with Crippen LogP contribution in [0.4, 0.5) is 5.69 Å². The molecule has 2 aliphatic rings. The van der Waals surface area contributed by atoms with E-state index in [0.717, 1.165) is 52.5 Å². The minimum atomic E-state index is -0.911. The Morgan fingerprint density at radius 3 is 2.33 bits per heavy atom. The van der Waals surface area contributed by atoms with Crippen molar-refractivity contribution in [1.29, 1.82) is 0 Å². The van der Waals surface area contributed by atoms with E-state index in [2.05, 4.69) is 36.9 Å². The number of hydrogen-bond donors (Lipinski definition) is 1. The zero-order chi connectivity index (χ0) is 21.0. The van der Waals surface area contributed by atoms with Gasteiger partial charge >= 0.3 is 0 Å². The Balaban J connectivity index is 1.84. The molecule has 1 amide bonds. The number of hydrazine groups is 1. The van der Waals surface area contributed by atoms with Crippen LogP contribution >= 0.6 is 0 Å². The van der Waals surface area contributed by atoms with Crippen LogP contribution < -0.4 is 15.5 Å². The highest BCUT2D eigenvalue weighted by molar-refractivity contribution is 6.02. The summed E-state index contributed by atoms with van der Waals surface area (Å²) in [4.78, 5) is 15.5. The van der Waals surface area contributed by atoms with Crippen molar-refractivity contribution in [2.45, 2.75) is 26.3 Å². The molecule has 5 rings (SSSR count). The summed E-state index contributed by atoms with van der Waals surface area (Å²) < 4.78 is 6.40. The molecule has 5 heteroatoms. The van der Waals surface area contributed by atoms with Gasteiger partial charge in [0.1, 0.15) is 17.0 Å². The number of hydrogen-bond acceptors (Lipinski definition) is 4. The molecule has 0 fully saturated rings. The quantitative estimate of drug-likeness (QED) is 0.518. The van der Waals surface area contributed by atoms with Gasteiger partial charge < -0.3 is 9.64 Å². The van der Waals surface area contributed by atoms with Gasteiger partial charge in [0.05, 0.1) is 0 Å². The van der Waals surface area contributed by atoms with Gasteiger partial charge in [0, 0.05) is 47.1 Å². The number of anilines is 1. The molecule has 0 aliphatic carbocycles. The predicted octanol–water partition coefficient (Wildman–Crippen LogP) is 4.57. The van der Waals surface area contributed by atoms with Crippen LogP contribution in [-0.2, 0) is 5.54 Å². The number of nitrogens with two attached hydrogens (primary N) is 1. The van der Waals surface area contributed by atoms with Gasteiger partial charge in [-0.15, -0.1) is 0 Å². The maximum absolute atomic E-state index is 13.2. The van der Waals surface area contributed by atoms with Gasteiger partial charge in [-0.05, 0) is 44.5 Å². The molecule has 0 aromatic heterocycles. The molecule has 30 heavy (non-hydrogen) atoms. The smallest absolute Gasteiger partial charge is 0.269 e. The van der Waals surface area contributed by atoms with E-state index in [0.29, 0.717) is 5.56 Å². The van der Waals surface area contributed by atoms with Crippen molar-refractivity contribution in [3.05, 3.63) is 88.5 Å². The Morgan fingerprint density at radius 2 is 1.60 bits per heavy atom. The number of carbonyl (C=O) groups is 1. The van der Waals surface area contributed by atoms with Crippen LogP contribution in [0.3, 0.4) is 0 Å². The van der Waals surface area contributed by atoms with E-state index in [4.69, 9.17) is 10.6 Å². The molecule has 1 spiro atoms. The van der Waals surface area contributed by atoms with Crippen LogP contribution in [0.2, 0.25) is 0 Å². The van der Waals surface area contributed by atoms with Gasteiger partial charge in [0.2, 0.25) is 0 Å². The summed E-state index contributed by atoms with van der Waals surface area (Å²) in [6.07, 6.45) is 0. The average molecular weight is 399 g/mol. The second-order valence-corrected chi connectivity index (χ2v) is 7.89. The molecule has 5 nitrogen and oxygen atoms in total. The van der Waals surface area contributed by atoms with E-state index < -0.39 is 5.54 Å². The monoisotopic (exact) mass is 399 g/mol. The third-order valence-electron chi connectivity index (χ3n) is 6.36. The minimum absolute atomic E-state index is 0.183. The van der Waals surface area contributed by atoms with Crippen molar-refractivity contribution in [2.75, 3.05) is 18.0 Å². The number of benzene rings is 3. The van der Waals surface area contributed by atoms with Crippen molar-refractivity contribution in [3.8, 4) is 11.5 Å². The first-order valence-corrected chi connectivity index (χ1v) is 10.4. The van der Waals surface area contributed by atoms with Gasteiger partial charge in [-0.1, -0.05) is 36.4 Å². The van der Waals surface area contributed by atoms with Crippen molar-refractivity contribution >= 4 is 11.6 Å². The standard InChI is InChI=1S/C25H25N3O2/c1-4-27(5-2)17-11-13-21-23(15-17)30-22-14-16(3)10-12-20(22)25(21)19-9-7-6-8-18(19)24(29)28(25)26/h6-15H,4-5,26H2,1-3H3. The largest absolute Gasteiger partial charge is 0.456 e. The normalized spacial score (nSPS) is 18.7. The van der Waals surface area contributed by atoms with Crippen molar-refractivity contribution < 1.29 is 9.53 Å². The van der Waals surface area contributed by atoms with E-state index in [1.807, 2.05) is 49.4 Å². The van der Waals surface area contributed by atoms with Crippen LogP contribution in [0.1, 0.15) is 46.5 Å². The number of ether oxygens (including phenoxy) is 1. The molecular weight excluding hydrogens is 374 g/mol. The van der Waals surface area contributed by atoms with E-state index in [-0.39, 0.29) is 5.91 Å². The molecule has 1 atom stereocenters. The predicted molar refractivity (Wildman–Crippen MR) is 118 cm³/mol. The lowest BCUT2D eigenvalue weighted by atomic mass is 9.75. The molecular formula is C25H25N3O2. The van der Waals surface area contributed by atoms with Gasteiger partial charge in [0.15, 0.2) is 0 Å². The van der Waals surface area contributed by atoms with Gasteiger partial charge in [-0.2, -0.15) is 0 Å². The highest BCUT2D eigenvalue weighted by Crippen LogP contribution is 2.56. The fraction of sp³-hybridized carbons (Fsp3) is 0.240. The van der Waals surface area contributed by atoms with E-state index in [9.17, 15) is 4.79 Å². The second kappa shape index (κ2) is 6.61. The van der Waals surface area contributed by atoms with Crippen LogP contribution in [-0.4, -0.2) is 24.0 Å². The van der Waals surface area contributed by atoms with Crippen LogP contribution in [0.25, 0.3) is 0 Å². The fourth-order valence-corrected chi connectivity index (χ4v) is 4.90. The summed E-state index contributed by atoms with van der Waals surface area (Å²) in [5, 5.41) is 1.38. The molecule has 0 radical (unpaired) electrons. The topological polar surface area (TPSA) is 58.8 Å². The summed E-state index contributed by atoms with van der Waals surface area (Å²) in [5.74, 6) is 7.86. The Hall–Kier alpha value is -3.31. The fourth-order valence-electron chi connectivity index (χ4n) is 4.90. The molecule has 3 aromatic carbocycles. The minimum Gasteiger partial charge on any atom is -0.456 e. The third kappa shape index (κ3) is 2.30. The number of carbonyl (C=O) groups excluding carboxylic acids is 1. The molecule has 0 saturated heterocycles. The average Bonchev–Trinajstić information content (AvgIpc) is 2.97. The zero-order valence-electron chi connectivity index (χ0n) is 17.5. The first-order chi connectivity index (χ1) is 14.5. The third-order valence-corrected chi connectivity index (χ3v) is 6.36. The molecule has 2 N–H and O–H groups in total. The molecule has 0 saturated carbocycles. The van der Waals surface area contributed by atoms with Gasteiger partial charge in [-0.3, -0.25) is 9.80 Å². The molecule has 1 unspecified atom stereocenters. The highest BCUT2D eigenvalue weighted by atomic mass is 16.5. The number of nitrogens with zero attached hydrogens (tertiary/aromatic N) is 2. The Morgan fingerprint density at radius 1 is 0.933 bits per heavy atom. The number of rotatable bonds is 3. The van der Waals surface area contributed by atoms with E-state index in [1.165, 1.54) is 5.01 Å². The second-order valence-electron chi connectivity index (χ2n) is 7.89. The highest BCUT2D eigenvalue weighted by Gasteiger charge is 2.55. The molecule has 3 aromatic rings. The van der Waals surface area contributed by atoms with E-state index in [1.54, 1.807) is 0 Å². The summed E-state index contributed by atoms with van der Waals surface area (Å²) in [7, 11) is 0. The molecule has 2 heterocycles. The zero-order valence-corrected chi connectivity index (χ0v) is 17.5. The van der Waals surface area contributed by atoms with Gasteiger partial charge in [-0.25, -0.2) is 5.84 Å². The molecule has 2 aliphatic heterocycles. The van der Waals surface area contributed by atoms with Crippen molar-refractivity contribution in [3.63, 3.8) is 0 Å². The SMILES string of the molecule is CCN(CC)c1ccc2c(c1)Oc1cc(C)ccc1C21c2ccccc2C(=O)N1N. The number of aryl methyl sites for hydroxylation is 1. The lowest BCUT2D eigenvalue weighted by Crippen LogP contribution is -2.51. The van der Waals surface area contributed by atoms with Gasteiger partial charge in [0.25, 0.3) is 5.91 Å². The Bertz CT molecular complexity index is 1170. The first-order valence-electron chi connectivity index (χ1n) is 10.4. The lowest BCUT2D eigenvalue weighted by molar-refractivity contribution is 0.0665. The first kappa shape index (κ1) is 18.7.